The fourth-order valence-electron chi connectivity index (χ4n) is 3.50. The molecule has 1 aromatic heterocycles. The predicted molar refractivity (Wildman–Crippen MR) is 97.0 cm³/mol. The van der Waals surface area contributed by atoms with Gasteiger partial charge >= 0.3 is 6.18 Å². The van der Waals surface area contributed by atoms with Crippen LogP contribution in [0.4, 0.5) is 18.9 Å². The zero-order valence-corrected chi connectivity index (χ0v) is 15.3. The standard InChI is InChI=1S/C20H14F3N3O4/c21-20(22,23)13-3-1-11(2-4-13)18-24-19(30-25-18)12-7-17(27)26(9-12)14-5-6-15-16(8-14)29-10-28-15/h1-6,8,12H,7,9-10H2/t12-/m1/s1. The van der Waals surface area contributed by atoms with Gasteiger partial charge in [0.25, 0.3) is 0 Å². The lowest BCUT2D eigenvalue weighted by atomic mass is 10.1. The summed E-state index contributed by atoms with van der Waals surface area (Å²) in [6.45, 7) is 0.483. The molecule has 3 aromatic rings. The molecule has 0 unspecified atom stereocenters. The van der Waals surface area contributed by atoms with Gasteiger partial charge in [-0.2, -0.15) is 18.2 Å². The molecule has 0 aliphatic carbocycles. The number of benzene rings is 2. The first-order valence-electron chi connectivity index (χ1n) is 9.10. The first-order chi connectivity index (χ1) is 14.4. The van der Waals surface area contributed by atoms with Crippen LogP contribution in [0.3, 0.4) is 0 Å². The van der Waals surface area contributed by atoms with Gasteiger partial charge in [-0.3, -0.25) is 4.79 Å². The summed E-state index contributed by atoms with van der Waals surface area (Å²) in [5.41, 5.74) is 0.319. The van der Waals surface area contributed by atoms with Gasteiger partial charge < -0.3 is 18.9 Å². The topological polar surface area (TPSA) is 77.7 Å². The molecule has 5 rings (SSSR count). The van der Waals surface area contributed by atoms with E-state index in [1.54, 1.807) is 23.1 Å². The Labute approximate surface area is 168 Å². The third-order valence-corrected chi connectivity index (χ3v) is 5.05. The van der Waals surface area contributed by atoms with Gasteiger partial charge in [0.15, 0.2) is 11.5 Å². The largest absolute Gasteiger partial charge is 0.454 e. The van der Waals surface area contributed by atoms with E-state index in [1.165, 1.54) is 12.1 Å². The number of amides is 1. The third kappa shape index (κ3) is 3.23. The molecule has 7 nitrogen and oxygen atoms in total. The van der Waals surface area contributed by atoms with Crippen molar-refractivity contribution in [3.63, 3.8) is 0 Å². The minimum atomic E-state index is -4.41. The van der Waals surface area contributed by atoms with Crippen LogP contribution in [-0.2, 0) is 11.0 Å². The van der Waals surface area contributed by atoms with E-state index in [2.05, 4.69) is 10.1 Å². The van der Waals surface area contributed by atoms with E-state index in [9.17, 15) is 18.0 Å². The van der Waals surface area contributed by atoms with Crippen molar-refractivity contribution in [1.29, 1.82) is 0 Å². The Kier molecular flexibility index (Phi) is 4.16. The van der Waals surface area contributed by atoms with Crippen LogP contribution in [0.1, 0.15) is 23.8 Å². The highest BCUT2D eigenvalue weighted by Crippen LogP contribution is 2.38. The predicted octanol–water partition coefficient (Wildman–Crippen LogP) is 4.00. The van der Waals surface area contributed by atoms with Crippen LogP contribution in [-0.4, -0.2) is 29.4 Å². The summed E-state index contributed by atoms with van der Waals surface area (Å²) in [7, 11) is 0. The first-order valence-corrected chi connectivity index (χ1v) is 9.10. The maximum absolute atomic E-state index is 12.7. The maximum atomic E-state index is 12.7. The average molecular weight is 417 g/mol. The quantitative estimate of drug-likeness (QED) is 0.641. The van der Waals surface area contributed by atoms with Crippen molar-refractivity contribution in [2.45, 2.75) is 18.5 Å². The molecule has 1 saturated heterocycles. The van der Waals surface area contributed by atoms with Gasteiger partial charge in [0.2, 0.25) is 24.4 Å². The van der Waals surface area contributed by atoms with Crippen molar-refractivity contribution < 1.29 is 32.0 Å². The number of halogens is 3. The van der Waals surface area contributed by atoms with Gasteiger partial charge in [-0.1, -0.05) is 17.3 Å². The number of rotatable bonds is 3. The molecule has 10 heteroatoms. The van der Waals surface area contributed by atoms with Gasteiger partial charge in [-0.15, -0.1) is 0 Å². The number of carbonyl (C=O) groups excluding carboxylic acids is 1. The van der Waals surface area contributed by atoms with Gasteiger partial charge in [-0.25, -0.2) is 0 Å². The number of hydrogen-bond donors (Lipinski definition) is 0. The number of nitrogens with zero attached hydrogens (tertiary/aromatic N) is 3. The maximum Gasteiger partial charge on any atom is 0.416 e. The molecule has 1 fully saturated rings. The van der Waals surface area contributed by atoms with Crippen molar-refractivity contribution >= 4 is 11.6 Å². The van der Waals surface area contributed by atoms with Gasteiger partial charge in [-0.05, 0) is 24.3 Å². The molecule has 1 amide bonds. The monoisotopic (exact) mass is 417 g/mol. The van der Waals surface area contributed by atoms with Gasteiger partial charge in [0.05, 0.1) is 11.5 Å². The van der Waals surface area contributed by atoms with E-state index < -0.39 is 11.7 Å². The Bertz CT molecular complexity index is 1110. The SMILES string of the molecule is O=C1C[C@@H](c2nc(-c3ccc(C(F)(F)F)cc3)no2)CN1c1ccc2c(c1)OCO2. The molecule has 30 heavy (non-hydrogen) atoms. The second kappa shape index (κ2) is 6.75. The molecular formula is C20H14F3N3O4. The van der Waals surface area contributed by atoms with Crippen LogP contribution in [0.2, 0.25) is 0 Å². The molecule has 1 atom stereocenters. The summed E-state index contributed by atoms with van der Waals surface area (Å²) >= 11 is 0. The van der Waals surface area contributed by atoms with Crippen molar-refractivity contribution in [1.82, 2.24) is 10.1 Å². The van der Waals surface area contributed by atoms with E-state index >= 15 is 0 Å². The van der Waals surface area contributed by atoms with Crippen molar-refractivity contribution in [3.8, 4) is 22.9 Å². The molecule has 154 valence electrons. The van der Waals surface area contributed by atoms with Crippen LogP contribution >= 0.6 is 0 Å². The molecule has 0 radical (unpaired) electrons. The Morgan fingerprint density at radius 2 is 1.80 bits per heavy atom. The molecule has 0 saturated carbocycles. The smallest absolute Gasteiger partial charge is 0.416 e. The lowest BCUT2D eigenvalue weighted by Gasteiger charge is -2.16. The Morgan fingerprint density at radius 3 is 2.57 bits per heavy atom. The fraction of sp³-hybridized carbons (Fsp3) is 0.250. The second-order valence-electron chi connectivity index (χ2n) is 6.97. The lowest BCUT2D eigenvalue weighted by molar-refractivity contribution is -0.137. The van der Waals surface area contributed by atoms with Gasteiger partial charge in [0, 0.05) is 30.3 Å². The van der Waals surface area contributed by atoms with Crippen LogP contribution in [0.25, 0.3) is 11.4 Å². The van der Waals surface area contributed by atoms with Crippen molar-refractivity contribution in [3.05, 3.63) is 53.9 Å². The number of ether oxygens (including phenoxy) is 2. The molecule has 3 heterocycles. The van der Waals surface area contributed by atoms with E-state index in [0.29, 0.717) is 29.3 Å². The molecule has 0 bridgehead atoms. The highest BCUT2D eigenvalue weighted by molar-refractivity contribution is 5.96. The van der Waals surface area contributed by atoms with Crippen molar-refractivity contribution in [2.24, 2.45) is 0 Å². The minimum Gasteiger partial charge on any atom is -0.454 e. The summed E-state index contributed by atoms with van der Waals surface area (Å²) < 4.78 is 54.1. The number of anilines is 1. The number of aromatic nitrogens is 2. The number of hydrogen-bond acceptors (Lipinski definition) is 6. The number of fused-ring (bicyclic) bond motifs is 1. The number of carbonyl (C=O) groups is 1. The fourth-order valence-corrected chi connectivity index (χ4v) is 3.50. The van der Waals surface area contributed by atoms with Gasteiger partial charge in [0.1, 0.15) is 0 Å². The zero-order chi connectivity index (χ0) is 20.9. The van der Waals surface area contributed by atoms with Crippen LogP contribution in [0, 0.1) is 0 Å². The van der Waals surface area contributed by atoms with E-state index in [4.69, 9.17) is 14.0 Å². The minimum absolute atomic E-state index is 0.104. The summed E-state index contributed by atoms with van der Waals surface area (Å²) in [6.07, 6.45) is -4.23. The summed E-state index contributed by atoms with van der Waals surface area (Å²) in [4.78, 5) is 18.4. The van der Waals surface area contributed by atoms with Crippen LogP contribution < -0.4 is 14.4 Å². The van der Waals surface area contributed by atoms with Crippen molar-refractivity contribution in [2.75, 3.05) is 18.2 Å². The van der Waals surface area contributed by atoms with Crippen LogP contribution in [0.15, 0.2) is 47.0 Å². The van der Waals surface area contributed by atoms with E-state index in [1.807, 2.05) is 0 Å². The Balaban J connectivity index is 1.34. The number of alkyl halides is 3. The summed E-state index contributed by atoms with van der Waals surface area (Å²) in [5.74, 6) is 1.21. The molecule has 0 N–H and O–H groups in total. The highest BCUT2D eigenvalue weighted by Gasteiger charge is 2.36. The molecule has 0 spiro atoms. The third-order valence-electron chi connectivity index (χ3n) is 5.05. The van der Waals surface area contributed by atoms with E-state index in [0.717, 1.165) is 12.1 Å². The molecule has 2 aromatic carbocycles. The highest BCUT2D eigenvalue weighted by atomic mass is 19.4. The first kappa shape index (κ1) is 18.5. The molecule has 2 aliphatic rings. The summed E-state index contributed by atoms with van der Waals surface area (Å²) in [5, 5.41) is 3.86. The molecular weight excluding hydrogens is 403 g/mol. The Hall–Kier alpha value is -3.56. The van der Waals surface area contributed by atoms with E-state index in [-0.39, 0.29) is 36.8 Å². The zero-order valence-electron chi connectivity index (χ0n) is 15.3. The average Bonchev–Trinajstić information content (AvgIpc) is 3.46. The normalized spacial score (nSPS) is 18.3. The Morgan fingerprint density at radius 1 is 1.03 bits per heavy atom. The molecule has 2 aliphatic heterocycles. The second-order valence-corrected chi connectivity index (χ2v) is 6.97. The summed E-state index contributed by atoms with van der Waals surface area (Å²) in [6, 6.07) is 9.76. The lowest BCUT2D eigenvalue weighted by Crippen LogP contribution is -2.24. The van der Waals surface area contributed by atoms with Crippen LogP contribution in [0.5, 0.6) is 11.5 Å².